The molecule has 0 aliphatic rings. The molecule has 2 nitrogen and oxygen atoms in total. The van der Waals surface area contributed by atoms with Crippen LogP contribution < -0.4 is 10.1 Å². The average molecular weight is 290 g/mol. The molecule has 0 bridgehead atoms. The zero-order valence-corrected chi connectivity index (χ0v) is 12.6. The van der Waals surface area contributed by atoms with E-state index in [0.717, 1.165) is 12.1 Å². The van der Waals surface area contributed by atoms with E-state index in [2.05, 4.69) is 31.3 Å². The van der Waals surface area contributed by atoms with Crippen molar-refractivity contribution in [1.82, 2.24) is 5.32 Å². The van der Waals surface area contributed by atoms with Gasteiger partial charge in [0.25, 0.3) is 0 Å². The van der Waals surface area contributed by atoms with E-state index in [1.807, 2.05) is 42.5 Å². The number of benzene rings is 2. The molecule has 1 atom stereocenters. The summed E-state index contributed by atoms with van der Waals surface area (Å²) in [4.78, 5) is 0. The normalized spacial score (nSPS) is 12.4. The highest BCUT2D eigenvalue weighted by molar-refractivity contribution is 6.32. The van der Waals surface area contributed by atoms with Gasteiger partial charge in [0.15, 0.2) is 0 Å². The van der Waals surface area contributed by atoms with Crippen LogP contribution in [-0.2, 0) is 0 Å². The first-order valence-electron chi connectivity index (χ1n) is 6.86. The largest absolute Gasteiger partial charge is 0.483 e. The number of ether oxygens (including phenoxy) is 1. The SMILES string of the molecule is CC(C)NCC(Oc1ccccc1Cl)c1ccccc1. The minimum Gasteiger partial charge on any atom is -0.483 e. The van der Waals surface area contributed by atoms with Crippen molar-refractivity contribution in [2.24, 2.45) is 0 Å². The van der Waals surface area contributed by atoms with E-state index in [0.29, 0.717) is 16.8 Å². The van der Waals surface area contributed by atoms with Gasteiger partial charge in [0.2, 0.25) is 0 Å². The number of nitrogens with one attached hydrogen (secondary N) is 1. The van der Waals surface area contributed by atoms with Gasteiger partial charge in [-0.15, -0.1) is 0 Å². The fourth-order valence-corrected chi connectivity index (χ4v) is 2.11. The molecule has 0 heterocycles. The molecular weight excluding hydrogens is 270 g/mol. The highest BCUT2D eigenvalue weighted by atomic mass is 35.5. The van der Waals surface area contributed by atoms with Gasteiger partial charge in [-0.2, -0.15) is 0 Å². The van der Waals surface area contributed by atoms with Gasteiger partial charge in [0.05, 0.1) is 5.02 Å². The third-order valence-electron chi connectivity index (χ3n) is 2.99. The van der Waals surface area contributed by atoms with Crippen LogP contribution in [0.2, 0.25) is 5.02 Å². The lowest BCUT2D eigenvalue weighted by Crippen LogP contribution is -2.30. The van der Waals surface area contributed by atoms with Crippen LogP contribution in [0.4, 0.5) is 0 Å². The standard InChI is InChI=1S/C17H20ClNO/c1-13(2)19-12-17(14-8-4-3-5-9-14)20-16-11-7-6-10-15(16)18/h3-11,13,17,19H,12H2,1-2H3. The maximum Gasteiger partial charge on any atom is 0.138 e. The quantitative estimate of drug-likeness (QED) is 0.848. The van der Waals surface area contributed by atoms with Gasteiger partial charge in [-0.3, -0.25) is 0 Å². The van der Waals surface area contributed by atoms with Crippen LogP contribution in [0, 0.1) is 0 Å². The molecule has 0 aliphatic heterocycles. The Bertz CT molecular complexity index is 528. The number of halogens is 1. The predicted molar refractivity (Wildman–Crippen MR) is 84.4 cm³/mol. The van der Waals surface area contributed by atoms with E-state index in [9.17, 15) is 0 Å². The second-order valence-corrected chi connectivity index (χ2v) is 5.42. The van der Waals surface area contributed by atoms with E-state index in [1.165, 1.54) is 0 Å². The number of rotatable bonds is 6. The smallest absolute Gasteiger partial charge is 0.138 e. The second-order valence-electron chi connectivity index (χ2n) is 5.01. The summed E-state index contributed by atoms with van der Waals surface area (Å²) in [5.41, 5.74) is 1.14. The van der Waals surface area contributed by atoms with E-state index in [4.69, 9.17) is 16.3 Å². The summed E-state index contributed by atoms with van der Waals surface area (Å²) >= 11 is 6.17. The van der Waals surface area contributed by atoms with Crippen LogP contribution in [0.25, 0.3) is 0 Å². The minimum atomic E-state index is -0.0569. The van der Waals surface area contributed by atoms with Gasteiger partial charge in [-0.1, -0.05) is 67.9 Å². The summed E-state index contributed by atoms with van der Waals surface area (Å²) in [6.07, 6.45) is -0.0569. The molecule has 1 N–H and O–H groups in total. The van der Waals surface area contributed by atoms with Crippen LogP contribution in [0.15, 0.2) is 54.6 Å². The molecule has 3 heteroatoms. The fourth-order valence-electron chi connectivity index (χ4n) is 1.93. The Hall–Kier alpha value is -1.51. The molecule has 0 saturated heterocycles. The topological polar surface area (TPSA) is 21.3 Å². The highest BCUT2D eigenvalue weighted by Gasteiger charge is 2.14. The molecule has 0 aromatic heterocycles. The molecule has 0 fully saturated rings. The lowest BCUT2D eigenvalue weighted by Gasteiger charge is -2.22. The summed E-state index contributed by atoms with van der Waals surface area (Å²) in [6, 6.07) is 18.2. The molecular formula is C17H20ClNO. The van der Waals surface area contributed by atoms with E-state index in [-0.39, 0.29) is 6.10 Å². The van der Waals surface area contributed by atoms with Gasteiger partial charge in [0, 0.05) is 12.6 Å². The fraction of sp³-hybridized carbons (Fsp3) is 0.294. The molecule has 20 heavy (non-hydrogen) atoms. The molecule has 0 radical (unpaired) electrons. The first kappa shape index (κ1) is 14.9. The molecule has 106 valence electrons. The minimum absolute atomic E-state index is 0.0569. The number of para-hydroxylation sites is 1. The van der Waals surface area contributed by atoms with Crippen molar-refractivity contribution in [2.75, 3.05) is 6.54 Å². The summed E-state index contributed by atoms with van der Waals surface area (Å²) in [7, 11) is 0. The van der Waals surface area contributed by atoms with E-state index < -0.39 is 0 Å². The molecule has 2 aromatic rings. The van der Waals surface area contributed by atoms with Crippen LogP contribution in [0.3, 0.4) is 0 Å². The van der Waals surface area contributed by atoms with Crippen molar-refractivity contribution < 1.29 is 4.74 Å². The van der Waals surface area contributed by atoms with Crippen LogP contribution in [0.1, 0.15) is 25.5 Å². The number of hydrogen-bond acceptors (Lipinski definition) is 2. The van der Waals surface area contributed by atoms with Crippen molar-refractivity contribution in [2.45, 2.75) is 26.0 Å². The van der Waals surface area contributed by atoms with Crippen LogP contribution in [-0.4, -0.2) is 12.6 Å². The van der Waals surface area contributed by atoms with Crippen LogP contribution in [0.5, 0.6) is 5.75 Å². The number of hydrogen-bond donors (Lipinski definition) is 1. The van der Waals surface area contributed by atoms with E-state index in [1.54, 1.807) is 0 Å². The monoisotopic (exact) mass is 289 g/mol. The third kappa shape index (κ3) is 4.26. The molecule has 0 aliphatic carbocycles. The maximum absolute atomic E-state index is 6.17. The molecule has 0 spiro atoms. The zero-order chi connectivity index (χ0) is 14.4. The molecule has 2 aromatic carbocycles. The van der Waals surface area contributed by atoms with Crippen molar-refractivity contribution in [3.63, 3.8) is 0 Å². The van der Waals surface area contributed by atoms with Crippen molar-refractivity contribution in [1.29, 1.82) is 0 Å². The van der Waals surface area contributed by atoms with Crippen molar-refractivity contribution in [3.05, 3.63) is 65.2 Å². The third-order valence-corrected chi connectivity index (χ3v) is 3.30. The van der Waals surface area contributed by atoms with Gasteiger partial charge in [-0.25, -0.2) is 0 Å². The predicted octanol–water partition coefficient (Wildman–Crippen LogP) is 4.46. The highest BCUT2D eigenvalue weighted by Crippen LogP contribution is 2.28. The van der Waals surface area contributed by atoms with Crippen LogP contribution >= 0.6 is 11.6 Å². The first-order valence-corrected chi connectivity index (χ1v) is 7.24. The summed E-state index contributed by atoms with van der Waals surface area (Å²) in [6.45, 7) is 4.99. The second kappa shape index (κ2) is 7.32. The Morgan fingerprint density at radius 1 is 1.00 bits per heavy atom. The molecule has 0 amide bonds. The first-order chi connectivity index (χ1) is 9.66. The maximum atomic E-state index is 6.17. The zero-order valence-electron chi connectivity index (χ0n) is 11.8. The van der Waals surface area contributed by atoms with Crippen molar-refractivity contribution >= 4 is 11.6 Å². The lowest BCUT2D eigenvalue weighted by molar-refractivity contribution is 0.198. The summed E-state index contributed by atoms with van der Waals surface area (Å²) < 4.78 is 6.09. The Labute approximate surface area is 125 Å². The molecule has 2 rings (SSSR count). The summed E-state index contributed by atoms with van der Waals surface area (Å²) in [5, 5.41) is 4.05. The Morgan fingerprint density at radius 2 is 1.65 bits per heavy atom. The Balaban J connectivity index is 2.16. The van der Waals surface area contributed by atoms with Crippen molar-refractivity contribution in [3.8, 4) is 5.75 Å². The van der Waals surface area contributed by atoms with Gasteiger partial charge >= 0.3 is 0 Å². The van der Waals surface area contributed by atoms with Gasteiger partial charge in [0.1, 0.15) is 11.9 Å². The lowest BCUT2D eigenvalue weighted by atomic mass is 10.1. The summed E-state index contributed by atoms with van der Waals surface area (Å²) in [5.74, 6) is 0.716. The Kier molecular flexibility index (Phi) is 5.45. The van der Waals surface area contributed by atoms with Gasteiger partial charge in [-0.05, 0) is 17.7 Å². The molecule has 1 unspecified atom stereocenters. The Morgan fingerprint density at radius 3 is 2.30 bits per heavy atom. The van der Waals surface area contributed by atoms with Gasteiger partial charge < -0.3 is 10.1 Å². The average Bonchev–Trinajstić information content (AvgIpc) is 2.46. The molecule has 0 saturated carbocycles. The van der Waals surface area contributed by atoms with E-state index >= 15 is 0 Å².